The van der Waals surface area contributed by atoms with Crippen LogP contribution in [0.4, 0.5) is 11.5 Å². The van der Waals surface area contributed by atoms with Crippen molar-refractivity contribution < 1.29 is 4.92 Å². The van der Waals surface area contributed by atoms with Crippen LogP contribution in [0.1, 0.15) is 0 Å². The lowest BCUT2D eigenvalue weighted by atomic mass is 10.1. The zero-order chi connectivity index (χ0) is 19.0. The van der Waals surface area contributed by atoms with Crippen LogP contribution in [0, 0.1) is 10.1 Å². The molecule has 0 fully saturated rings. The summed E-state index contributed by atoms with van der Waals surface area (Å²) in [6, 6.07) is 15.0. The summed E-state index contributed by atoms with van der Waals surface area (Å²) in [5, 5.41) is 26.8. The lowest BCUT2D eigenvalue weighted by molar-refractivity contribution is -0.384. The van der Waals surface area contributed by atoms with Crippen molar-refractivity contribution in [2.24, 2.45) is 0 Å². The maximum absolute atomic E-state index is 11.0. The van der Waals surface area contributed by atoms with Crippen LogP contribution in [0.15, 0.2) is 54.6 Å². The average Bonchev–Trinajstić information content (AvgIpc) is 3.29. The van der Waals surface area contributed by atoms with Gasteiger partial charge in [-0.25, -0.2) is 0 Å². The molecule has 0 aliphatic rings. The van der Waals surface area contributed by atoms with Gasteiger partial charge < -0.3 is 5.73 Å². The molecule has 0 spiro atoms. The number of nitrogens with one attached hydrogen (secondary N) is 1. The minimum absolute atomic E-state index is 0.0597. The summed E-state index contributed by atoms with van der Waals surface area (Å²) in [6.07, 6.45) is 0. The van der Waals surface area contributed by atoms with Gasteiger partial charge in [-0.15, -0.1) is 5.10 Å². The minimum atomic E-state index is -0.481. The van der Waals surface area contributed by atoms with Crippen LogP contribution in [-0.4, -0.2) is 30.1 Å². The fraction of sp³-hybridized carbons (Fsp3) is 0. The molecule has 10 heteroatoms. The smallest absolute Gasteiger partial charge is 0.271 e. The van der Waals surface area contributed by atoms with Crippen LogP contribution in [0.5, 0.6) is 0 Å². The summed E-state index contributed by atoms with van der Waals surface area (Å²) < 4.78 is 1.34. The Morgan fingerprint density at radius 3 is 2.67 bits per heavy atom. The number of nitro benzene ring substituents is 1. The van der Waals surface area contributed by atoms with Crippen molar-refractivity contribution in [3.05, 3.63) is 69.7 Å². The van der Waals surface area contributed by atoms with Crippen molar-refractivity contribution in [2.75, 3.05) is 5.73 Å². The molecule has 2 aromatic heterocycles. The molecule has 134 valence electrons. The van der Waals surface area contributed by atoms with Crippen molar-refractivity contribution in [1.29, 1.82) is 0 Å². The molecule has 27 heavy (non-hydrogen) atoms. The van der Waals surface area contributed by atoms with Crippen molar-refractivity contribution in [2.45, 2.75) is 0 Å². The average molecular weight is 382 g/mol. The Bertz CT molecular complexity index is 1130. The van der Waals surface area contributed by atoms with E-state index in [1.54, 1.807) is 30.3 Å². The quantitative estimate of drug-likeness (QED) is 0.411. The molecule has 0 unspecified atom stereocenters. The molecule has 2 aromatic carbocycles. The van der Waals surface area contributed by atoms with E-state index in [-0.39, 0.29) is 11.5 Å². The van der Waals surface area contributed by atoms with Gasteiger partial charge in [0.15, 0.2) is 11.5 Å². The normalized spacial score (nSPS) is 10.9. The lowest BCUT2D eigenvalue weighted by Crippen LogP contribution is -2.03. The number of nitrogen functional groups attached to an aromatic ring is 1. The third-order valence-electron chi connectivity index (χ3n) is 3.96. The Labute approximate surface area is 157 Å². The van der Waals surface area contributed by atoms with Gasteiger partial charge in [-0.3, -0.25) is 15.2 Å². The second-order valence-corrected chi connectivity index (χ2v) is 6.12. The first-order valence-corrected chi connectivity index (χ1v) is 8.18. The van der Waals surface area contributed by atoms with E-state index in [1.807, 2.05) is 12.1 Å². The Morgan fingerprint density at radius 1 is 1.15 bits per heavy atom. The monoisotopic (exact) mass is 381 g/mol. The van der Waals surface area contributed by atoms with Gasteiger partial charge in [0, 0.05) is 22.7 Å². The molecule has 0 aliphatic carbocycles. The van der Waals surface area contributed by atoms with Gasteiger partial charge in [0.25, 0.3) is 5.69 Å². The number of hydrogen-bond acceptors (Lipinski definition) is 6. The van der Waals surface area contributed by atoms with Crippen LogP contribution < -0.4 is 5.73 Å². The van der Waals surface area contributed by atoms with Gasteiger partial charge in [-0.2, -0.15) is 9.78 Å². The Morgan fingerprint density at radius 2 is 1.93 bits per heavy atom. The van der Waals surface area contributed by atoms with E-state index >= 15 is 0 Å². The van der Waals surface area contributed by atoms with Crippen molar-refractivity contribution >= 4 is 23.1 Å². The number of aromatic amines is 1. The number of benzene rings is 2. The largest absolute Gasteiger partial charge is 0.382 e. The molecule has 3 N–H and O–H groups in total. The molecule has 0 bridgehead atoms. The number of hydrogen-bond donors (Lipinski definition) is 2. The molecule has 0 atom stereocenters. The van der Waals surface area contributed by atoms with Gasteiger partial charge in [-0.1, -0.05) is 35.0 Å². The number of nitrogens with two attached hydrogens (primary N) is 1. The van der Waals surface area contributed by atoms with Gasteiger partial charge in [0.2, 0.25) is 0 Å². The van der Waals surface area contributed by atoms with Crippen LogP contribution in [0.2, 0.25) is 5.02 Å². The van der Waals surface area contributed by atoms with E-state index < -0.39 is 4.92 Å². The van der Waals surface area contributed by atoms with Crippen LogP contribution in [-0.2, 0) is 0 Å². The minimum Gasteiger partial charge on any atom is -0.382 e. The molecular formula is C17H12ClN7O2. The van der Waals surface area contributed by atoms with E-state index in [0.29, 0.717) is 27.8 Å². The number of nitrogens with zero attached hydrogens (tertiary/aromatic N) is 5. The highest BCUT2D eigenvalue weighted by Crippen LogP contribution is 2.28. The number of non-ortho nitro benzene ring substituents is 1. The predicted molar refractivity (Wildman–Crippen MR) is 100 cm³/mol. The Balaban J connectivity index is 1.70. The third-order valence-corrected chi connectivity index (χ3v) is 4.22. The summed E-state index contributed by atoms with van der Waals surface area (Å²) >= 11 is 5.90. The number of halogens is 1. The number of H-pyrrole nitrogens is 1. The number of aromatic nitrogens is 5. The Kier molecular flexibility index (Phi) is 4.05. The zero-order valence-electron chi connectivity index (χ0n) is 13.7. The molecule has 9 nitrogen and oxygen atoms in total. The van der Waals surface area contributed by atoms with Crippen LogP contribution in [0.3, 0.4) is 0 Å². The van der Waals surface area contributed by atoms with E-state index in [4.69, 9.17) is 17.3 Å². The molecule has 0 amide bonds. The molecule has 4 aromatic rings. The van der Waals surface area contributed by atoms with Crippen molar-refractivity contribution in [1.82, 2.24) is 25.2 Å². The van der Waals surface area contributed by atoms with E-state index in [1.165, 1.54) is 16.8 Å². The maximum atomic E-state index is 11.0. The summed E-state index contributed by atoms with van der Waals surface area (Å²) in [5.74, 6) is 0.238. The SMILES string of the molecule is Nc1c(-c2cc(-c3ccc(Cl)cc3)n[nH]2)nnn1-c1cccc([N+](=O)[O-])c1. The standard InChI is InChI=1S/C17H12ClN7O2/c18-11-6-4-10(5-7-11)14-9-15(21-20-14)16-17(19)24(23-22-16)12-2-1-3-13(8-12)25(26)27/h1-9H,19H2,(H,20,21). The molecule has 0 saturated carbocycles. The van der Waals surface area contributed by atoms with Gasteiger partial charge in [-0.05, 0) is 24.3 Å². The Hall–Kier alpha value is -3.72. The van der Waals surface area contributed by atoms with E-state index in [9.17, 15) is 10.1 Å². The molecule has 4 rings (SSSR count). The van der Waals surface area contributed by atoms with Crippen LogP contribution in [0.25, 0.3) is 28.3 Å². The second kappa shape index (κ2) is 6.54. The molecule has 0 aliphatic heterocycles. The summed E-state index contributed by atoms with van der Waals surface area (Å²) in [5.41, 5.74) is 9.10. The number of rotatable bonds is 4. The summed E-state index contributed by atoms with van der Waals surface area (Å²) in [4.78, 5) is 10.5. The zero-order valence-corrected chi connectivity index (χ0v) is 14.5. The predicted octanol–water partition coefficient (Wildman–Crippen LogP) is 3.47. The van der Waals surface area contributed by atoms with E-state index in [0.717, 1.165) is 5.56 Å². The first kappa shape index (κ1) is 16.7. The van der Waals surface area contributed by atoms with Crippen molar-refractivity contribution in [3.63, 3.8) is 0 Å². The highest BCUT2D eigenvalue weighted by Gasteiger charge is 2.17. The number of anilines is 1. The molecule has 0 saturated heterocycles. The van der Waals surface area contributed by atoms with Gasteiger partial charge in [0.1, 0.15) is 0 Å². The maximum Gasteiger partial charge on any atom is 0.271 e. The fourth-order valence-electron chi connectivity index (χ4n) is 2.62. The highest BCUT2D eigenvalue weighted by atomic mass is 35.5. The fourth-order valence-corrected chi connectivity index (χ4v) is 2.75. The summed E-state index contributed by atoms with van der Waals surface area (Å²) in [7, 11) is 0. The van der Waals surface area contributed by atoms with Crippen molar-refractivity contribution in [3.8, 4) is 28.3 Å². The molecular weight excluding hydrogens is 370 g/mol. The topological polar surface area (TPSA) is 129 Å². The third kappa shape index (κ3) is 3.11. The highest BCUT2D eigenvalue weighted by molar-refractivity contribution is 6.30. The first-order valence-electron chi connectivity index (χ1n) is 7.80. The van der Waals surface area contributed by atoms with Gasteiger partial charge >= 0.3 is 0 Å². The first-order chi connectivity index (χ1) is 13.0. The van der Waals surface area contributed by atoms with Gasteiger partial charge in [0.05, 0.1) is 22.0 Å². The molecule has 0 radical (unpaired) electrons. The second-order valence-electron chi connectivity index (χ2n) is 5.69. The lowest BCUT2D eigenvalue weighted by Gasteiger charge is -2.02. The molecule has 2 heterocycles. The van der Waals surface area contributed by atoms with E-state index in [2.05, 4.69) is 20.5 Å². The van der Waals surface area contributed by atoms with Crippen LogP contribution >= 0.6 is 11.6 Å². The number of nitro groups is 1. The summed E-state index contributed by atoms with van der Waals surface area (Å²) in [6.45, 7) is 0.